The van der Waals surface area contributed by atoms with Crippen molar-refractivity contribution in [2.75, 3.05) is 13.6 Å². The summed E-state index contributed by atoms with van der Waals surface area (Å²) in [6, 6.07) is 12.9. The van der Waals surface area contributed by atoms with Gasteiger partial charge in [-0.2, -0.15) is 0 Å². The SMILES string of the molecule is CNC(c1ccccc1)C(C(C)C)N(CC1CC1)C1CC1. The molecule has 0 aliphatic heterocycles. The van der Waals surface area contributed by atoms with Crippen LogP contribution in [0.4, 0.5) is 0 Å². The van der Waals surface area contributed by atoms with E-state index in [0.29, 0.717) is 18.0 Å². The summed E-state index contributed by atoms with van der Waals surface area (Å²) in [5.74, 6) is 1.64. The quantitative estimate of drug-likeness (QED) is 0.781. The topological polar surface area (TPSA) is 15.3 Å². The molecule has 3 rings (SSSR count). The maximum absolute atomic E-state index is 3.61. The third kappa shape index (κ3) is 3.67. The van der Waals surface area contributed by atoms with E-state index in [1.165, 1.54) is 37.8 Å². The average Bonchev–Trinajstić information content (AvgIpc) is 3.37. The summed E-state index contributed by atoms with van der Waals surface area (Å²) >= 11 is 0. The zero-order chi connectivity index (χ0) is 14.8. The molecular weight excluding hydrogens is 256 g/mol. The van der Waals surface area contributed by atoms with Crippen LogP contribution in [0, 0.1) is 11.8 Å². The highest BCUT2D eigenvalue weighted by molar-refractivity contribution is 5.21. The van der Waals surface area contributed by atoms with Crippen molar-refractivity contribution < 1.29 is 0 Å². The zero-order valence-electron chi connectivity index (χ0n) is 13.8. The highest BCUT2D eigenvalue weighted by atomic mass is 15.2. The molecule has 2 unspecified atom stereocenters. The Hall–Kier alpha value is -0.860. The molecular formula is C19H30N2. The van der Waals surface area contributed by atoms with E-state index in [1.54, 1.807) is 0 Å². The van der Waals surface area contributed by atoms with Crippen LogP contribution in [0.3, 0.4) is 0 Å². The van der Waals surface area contributed by atoms with E-state index in [-0.39, 0.29) is 0 Å². The Bertz CT molecular complexity index is 434. The molecule has 1 N–H and O–H groups in total. The molecule has 2 nitrogen and oxygen atoms in total. The van der Waals surface area contributed by atoms with E-state index < -0.39 is 0 Å². The van der Waals surface area contributed by atoms with Crippen molar-refractivity contribution in [3.63, 3.8) is 0 Å². The molecule has 2 fully saturated rings. The van der Waals surface area contributed by atoms with Crippen LogP contribution >= 0.6 is 0 Å². The summed E-state index contributed by atoms with van der Waals surface area (Å²) in [5, 5.41) is 3.61. The standard InChI is InChI=1S/C19H30N2/c1-14(2)19(18(20-3)16-7-5-4-6-8-16)21(17-11-12-17)13-15-9-10-15/h4-8,14-15,17-20H,9-13H2,1-3H3. The number of hydrogen-bond acceptors (Lipinski definition) is 2. The lowest BCUT2D eigenvalue weighted by Crippen LogP contribution is -2.49. The summed E-state index contributed by atoms with van der Waals surface area (Å²) in [5.41, 5.74) is 1.43. The van der Waals surface area contributed by atoms with Crippen LogP contribution in [-0.2, 0) is 0 Å². The van der Waals surface area contributed by atoms with Gasteiger partial charge in [0.2, 0.25) is 0 Å². The molecule has 0 amide bonds. The third-order valence-electron chi connectivity index (χ3n) is 5.06. The van der Waals surface area contributed by atoms with Crippen LogP contribution in [0.25, 0.3) is 0 Å². The van der Waals surface area contributed by atoms with Crippen molar-refractivity contribution in [2.45, 2.75) is 57.7 Å². The Morgan fingerprint density at radius 2 is 1.76 bits per heavy atom. The van der Waals surface area contributed by atoms with Crippen molar-refractivity contribution in [3.05, 3.63) is 35.9 Å². The smallest absolute Gasteiger partial charge is 0.0478 e. The van der Waals surface area contributed by atoms with E-state index in [2.05, 4.69) is 61.4 Å². The number of nitrogens with one attached hydrogen (secondary N) is 1. The molecule has 0 heterocycles. The first-order valence-electron chi connectivity index (χ1n) is 8.68. The molecule has 2 saturated carbocycles. The van der Waals surface area contributed by atoms with E-state index in [0.717, 1.165) is 12.0 Å². The van der Waals surface area contributed by atoms with Crippen LogP contribution in [0.2, 0.25) is 0 Å². The molecule has 21 heavy (non-hydrogen) atoms. The first-order chi connectivity index (χ1) is 10.2. The lowest BCUT2D eigenvalue weighted by Gasteiger charge is -2.40. The lowest BCUT2D eigenvalue weighted by molar-refractivity contribution is 0.105. The van der Waals surface area contributed by atoms with Gasteiger partial charge in [0.05, 0.1) is 0 Å². The minimum absolute atomic E-state index is 0.436. The van der Waals surface area contributed by atoms with Crippen molar-refractivity contribution in [1.29, 1.82) is 0 Å². The van der Waals surface area contributed by atoms with Crippen LogP contribution in [-0.4, -0.2) is 30.6 Å². The summed E-state index contributed by atoms with van der Waals surface area (Å²) in [4.78, 5) is 2.84. The first-order valence-corrected chi connectivity index (χ1v) is 8.68. The van der Waals surface area contributed by atoms with Gasteiger partial charge < -0.3 is 5.32 Å². The molecule has 1 aromatic carbocycles. The second-order valence-corrected chi connectivity index (χ2v) is 7.28. The minimum atomic E-state index is 0.436. The molecule has 0 radical (unpaired) electrons. The van der Waals surface area contributed by atoms with Crippen LogP contribution in [0.15, 0.2) is 30.3 Å². The normalized spacial score (nSPS) is 21.8. The van der Waals surface area contributed by atoms with Crippen LogP contribution < -0.4 is 5.32 Å². The van der Waals surface area contributed by atoms with Gasteiger partial charge >= 0.3 is 0 Å². The van der Waals surface area contributed by atoms with Gasteiger partial charge in [-0.05, 0) is 50.1 Å². The molecule has 116 valence electrons. The van der Waals surface area contributed by atoms with Gasteiger partial charge in [-0.25, -0.2) is 0 Å². The molecule has 0 spiro atoms. The molecule has 0 saturated heterocycles. The Morgan fingerprint density at radius 1 is 1.10 bits per heavy atom. The van der Waals surface area contributed by atoms with E-state index >= 15 is 0 Å². The van der Waals surface area contributed by atoms with Crippen LogP contribution in [0.1, 0.15) is 51.1 Å². The third-order valence-corrected chi connectivity index (χ3v) is 5.06. The summed E-state index contributed by atoms with van der Waals surface area (Å²) in [6.45, 7) is 6.10. The molecule has 2 aliphatic carbocycles. The van der Waals surface area contributed by atoms with Crippen molar-refractivity contribution in [3.8, 4) is 0 Å². The highest BCUT2D eigenvalue weighted by Crippen LogP contribution is 2.40. The molecule has 0 aromatic heterocycles. The monoisotopic (exact) mass is 286 g/mol. The molecule has 2 heteroatoms. The highest BCUT2D eigenvalue weighted by Gasteiger charge is 2.41. The van der Waals surface area contributed by atoms with E-state index in [9.17, 15) is 0 Å². The molecule has 2 aliphatic rings. The fourth-order valence-corrected chi connectivity index (χ4v) is 3.67. The van der Waals surface area contributed by atoms with Crippen molar-refractivity contribution in [1.82, 2.24) is 10.2 Å². The van der Waals surface area contributed by atoms with Gasteiger partial charge in [0.25, 0.3) is 0 Å². The van der Waals surface area contributed by atoms with E-state index in [4.69, 9.17) is 0 Å². The summed E-state index contributed by atoms with van der Waals surface area (Å²) in [7, 11) is 2.12. The molecule has 1 aromatic rings. The molecule has 2 atom stereocenters. The minimum Gasteiger partial charge on any atom is -0.312 e. The van der Waals surface area contributed by atoms with Crippen molar-refractivity contribution >= 4 is 0 Å². The first kappa shape index (κ1) is 15.1. The van der Waals surface area contributed by atoms with Crippen molar-refractivity contribution in [2.24, 2.45) is 11.8 Å². The fourth-order valence-electron chi connectivity index (χ4n) is 3.67. The lowest BCUT2D eigenvalue weighted by atomic mass is 9.89. The van der Waals surface area contributed by atoms with Gasteiger partial charge in [-0.3, -0.25) is 4.90 Å². The number of benzene rings is 1. The van der Waals surface area contributed by atoms with Gasteiger partial charge in [-0.15, -0.1) is 0 Å². The number of likely N-dealkylation sites (N-methyl/N-ethyl adjacent to an activating group) is 1. The Morgan fingerprint density at radius 3 is 2.24 bits per heavy atom. The number of nitrogens with zero attached hydrogens (tertiary/aromatic N) is 1. The number of hydrogen-bond donors (Lipinski definition) is 1. The van der Waals surface area contributed by atoms with E-state index in [1.807, 2.05) is 0 Å². The maximum Gasteiger partial charge on any atom is 0.0478 e. The van der Waals surface area contributed by atoms with Gasteiger partial charge in [-0.1, -0.05) is 44.2 Å². The number of rotatable bonds is 8. The Kier molecular flexibility index (Phi) is 4.66. The Balaban J connectivity index is 1.83. The van der Waals surface area contributed by atoms with Gasteiger partial charge in [0, 0.05) is 24.7 Å². The van der Waals surface area contributed by atoms with Gasteiger partial charge in [0.1, 0.15) is 0 Å². The fraction of sp³-hybridized carbons (Fsp3) is 0.684. The zero-order valence-corrected chi connectivity index (χ0v) is 13.8. The average molecular weight is 286 g/mol. The second kappa shape index (κ2) is 6.50. The largest absolute Gasteiger partial charge is 0.312 e. The molecule has 0 bridgehead atoms. The second-order valence-electron chi connectivity index (χ2n) is 7.28. The predicted octanol–water partition coefficient (Wildman–Crippen LogP) is 3.85. The maximum atomic E-state index is 3.61. The van der Waals surface area contributed by atoms with Crippen LogP contribution in [0.5, 0.6) is 0 Å². The summed E-state index contributed by atoms with van der Waals surface area (Å²) < 4.78 is 0. The predicted molar refractivity (Wildman–Crippen MR) is 89.3 cm³/mol. The van der Waals surface area contributed by atoms with Gasteiger partial charge in [0.15, 0.2) is 0 Å². The Labute approximate surface area is 129 Å². The summed E-state index contributed by atoms with van der Waals surface area (Å²) in [6.07, 6.45) is 5.70.